The molecule has 1 N–H and O–H groups in total. The van der Waals surface area contributed by atoms with E-state index >= 15 is 0 Å². The fraction of sp³-hybridized carbons (Fsp3) is 0.0714. The molecule has 2 aromatic rings. The van der Waals surface area contributed by atoms with E-state index in [0.717, 1.165) is 11.1 Å². The zero-order chi connectivity index (χ0) is 13.7. The molecule has 0 bridgehead atoms. The van der Waals surface area contributed by atoms with Gasteiger partial charge in [0.1, 0.15) is 0 Å². The molecule has 0 spiro atoms. The largest absolute Gasteiger partial charge is 0.328 e. The van der Waals surface area contributed by atoms with E-state index in [9.17, 15) is 14.9 Å². The highest BCUT2D eigenvalue weighted by molar-refractivity contribution is 5.75. The molecule has 0 saturated heterocycles. The first-order valence-corrected chi connectivity index (χ1v) is 5.72. The summed E-state index contributed by atoms with van der Waals surface area (Å²) in [6, 6.07) is 14.2. The highest BCUT2D eigenvalue weighted by Gasteiger charge is 2.10. The maximum absolute atomic E-state index is 10.7. The van der Waals surface area contributed by atoms with Crippen LogP contribution in [0.5, 0.6) is 0 Å². The quantitative estimate of drug-likeness (QED) is 0.508. The van der Waals surface area contributed by atoms with E-state index < -0.39 is 4.92 Å². The van der Waals surface area contributed by atoms with E-state index in [-0.39, 0.29) is 5.69 Å². The molecule has 0 aliphatic heterocycles. The lowest BCUT2D eigenvalue weighted by Crippen LogP contribution is -2.01. The number of carbonyl (C=O) groups excluding carboxylic acids is 1. The molecule has 0 heterocycles. The fourth-order valence-corrected chi connectivity index (χ4v) is 1.85. The van der Waals surface area contributed by atoms with Gasteiger partial charge in [0.15, 0.2) is 0 Å². The van der Waals surface area contributed by atoms with E-state index in [1.54, 1.807) is 6.07 Å². The zero-order valence-electron chi connectivity index (χ0n) is 10.1. The average Bonchev–Trinajstić information content (AvgIpc) is 2.42. The highest BCUT2D eigenvalue weighted by atomic mass is 16.6. The van der Waals surface area contributed by atoms with Crippen LogP contribution >= 0.6 is 0 Å². The second-order valence-electron chi connectivity index (χ2n) is 4.02. The summed E-state index contributed by atoms with van der Waals surface area (Å²) in [5, 5.41) is 13.2. The van der Waals surface area contributed by atoms with Gasteiger partial charge in [-0.15, -0.1) is 0 Å². The Morgan fingerprint density at radius 3 is 2.53 bits per heavy atom. The van der Waals surface area contributed by atoms with Gasteiger partial charge in [-0.25, -0.2) is 0 Å². The minimum absolute atomic E-state index is 0.0406. The van der Waals surface area contributed by atoms with Crippen LogP contribution in [0.1, 0.15) is 11.1 Å². The van der Waals surface area contributed by atoms with Crippen molar-refractivity contribution in [3.05, 3.63) is 69.8 Å². The Morgan fingerprint density at radius 1 is 1.16 bits per heavy atom. The van der Waals surface area contributed by atoms with Crippen molar-refractivity contribution in [2.45, 2.75) is 6.42 Å². The topological polar surface area (TPSA) is 72.2 Å². The molecule has 1 amide bonds. The van der Waals surface area contributed by atoms with Gasteiger partial charge >= 0.3 is 0 Å². The van der Waals surface area contributed by atoms with E-state index in [2.05, 4.69) is 5.32 Å². The number of non-ortho nitro benzene ring substituents is 1. The maximum atomic E-state index is 10.7. The molecular formula is C14H12N2O3. The van der Waals surface area contributed by atoms with Gasteiger partial charge in [0.05, 0.1) is 10.6 Å². The molecule has 2 aromatic carbocycles. The van der Waals surface area contributed by atoms with Crippen LogP contribution in [0.4, 0.5) is 11.4 Å². The Morgan fingerprint density at radius 2 is 1.89 bits per heavy atom. The van der Waals surface area contributed by atoms with E-state index in [4.69, 9.17) is 0 Å². The minimum Gasteiger partial charge on any atom is -0.328 e. The van der Waals surface area contributed by atoms with Crippen LogP contribution in [0, 0.1) is 10.1 Å². The SMILES string of the molecule is O=CNc1cc([N+](=O)[O-])ccc1Cc1ccccc1. The standard InChI is InChI=1S/C14H12N2O3/c17-10-15-14-9-13(16(18)19)7-6-12(14)8-11-4-2-1-3-5-11/h1-7,9-10H,8H2,(H,15,17). The van der Waals surface area contributed by atoms with Crippen molar-refractivity contribution < 1.29 is 9.72 Å². The average molecular weight is 256 g/mol. The number of hydrogen-bond acceptors (Lipinski definition) is 3. The van der Waals surface area contributed by atoms with E-state index in [0.29, 0.717) is 18.5 Å². The third-order valence-electron chi connectivity index (χ3n) is 2.76. The predicted octanol–water partition coefficient (Wildman–Crippen LogP) is 2.75. The molecule has 19 heavy (non-hydrogen) atoms. The molecule has 0 aromatic heterocycles. The van der Waals surface area contributed by atoms with Crippen LogP contribution in [0.15, 0.2) is 48.5 Å². The van der Waals surface area contributed by atoms with Gasteiger partial charge in [0.25, 0.3) is 5.69 Å². The summed E-state index contributed by atoms with van der Waals surface area (Å²) in [7, 11) is 0. The summed E-state index contributed by atoms with van der Waals surface area (Å²) >= 11 is 0. The molecule has 5 nitrogen and oxygen atoms in total. The molecule has 0 aliphatic rings. The second kappa shape index (κ2) is 5.77. The summed E-state index contributed by atoms with van der Waals surface area (Å²) < 4.78 is 0. The third-order valence-corrected chi connectivity index (χ3v) is 2.76. The van der Waals surface area contributed by atoms with Gasteiger partial charge in [0.2, 0.25) is 6.41 Å². The maximum Gasteiger partial charge on any atom is 0.271 e. The molecular weight excluding hydrogens is 244 g/mol. The lowest BCUT2D eigenvalue weighted by atomic mass is 10.0. The highest BCUT2D eigenvalue weighted by Crippen LogP contribution is 2.24. The summed E-state index contributed by atoms with van der Waals surface area (Å²) in [6.45, 7) is 0. The van der Waals surface area contributed by atoms with Gasteiger partial charge in [-0.2, -0.15) is 0 Å². The number of nitro groups is 1. The lowest BCUT2D eigenvalue weighted by Gasteiger charge is -2.08. The molecule has 0 fully saturated rings. The molecule has 96 valence electrons. The summed E-state index contributed by atoms with van der Waals surface area (Å²) in [5.74, 6) is 0. The minimum atomic E-state index is -0.484. The van der Waals surface area contributed by atoms with Crippen LogP contribution in [0.2, 0.25) is 0 Å². The van der Waals surface area contributed by atoms with Crippen molar-refractivity contribution in [2.75, 3.05) is 5.32 Å². The van der Waals surface area contributed by atoms with Gasteiger partial charge < -0.3 is 5.32 Å². The first-order valence-electron chi connectivity index (χ1n) is 5.72. The van der Waals surface area contributed by atoms with Crippen LogP contribution in [-0.4, -0.2) is 11.3 Å². The summed E-state index contributed by atoms with van der Waals surface area (Å²) in [4.78, 5) is 20.8. The van der Waals surface area contributed by atoms with Crippen molar-refractivity contribution >= 4 is 17.8 Å². The van der Waals surface area contributed by atoms with Gasteiger partial charge in [-0.1, -0.05) is 30.3 Å². The predicted molar refractivity (Wildman–Crippen MR) is 72.0 cm³/mol. The second-order valence-corrected chi connectivity index (χ2v) is 4.02. The monoisotopic (exact) mass is 256 g/mol. The number of amides is 1. The fourth-order valence-electron chi connectivity index (χ4n) is 1.85. The smallest absolute Gasteiger partial charge is 0.271 e. The molecule has 0 saturated carbocycles. The molecule has 5 heteroatoms. The van der Waals surface area contributed by atoms with Crippen LogP contribution in [-0.2, 0) is 11.2 Å². The number of nitro benzene ring substituents is 1. The number of nitrogens with zero attached hydrogens (tertiary/aromatic N) is 1. The van der Waals surface area contributed by atoms with Crippen LogP contribution < -0.4 is 5.32 Å². The third kappa shape index (κ3) is 3.16. The zero-order valence-corrected chi connectivity index (χ0v) is 10.1. The Balaban J connectivity index is 2.33. The van der Waals surface area contributed by atoms with Crippen molar-refractivity contribution in [2.24, 2.45) is 0 Å². The number of carbonyl (C=O) groups is 1. The molecule has 2 rings (SSSR count). The van der Waals surface area contributed by atoms with Crippen molar-refractivity contribution in [1.29, 1.82) is 0 Å². The molecule has 0 aliphatic carbocycles. The molecule has 0 atom stereocenters. The first kappa shape index (κ1) is 12.8. The van der Waals surface area contributed by atoms with Crippen LogP contribution in [0.3, 0.4) is 0 Å². The molecule has 0 radical (unpaired) electrons. The summed E-state index contributed by atoms with van der Waals surface area (Å²) in [6.07, 6.45) is 1.13. The van der Waals surface area contributed by atoms with Crippen molar-refractivity contribution in [3.63, 3.8) is 0 Å². The van der Waals surface area contributed by atoms with Crippen molar-refractivity contribution in [1.82, 2.24) is 0 Å². The number of nitrogens with one attached hydrogen (secondary N) is 1. The number of rotatable bonds is 5. The first-order chi connectivity index (χ1) is 9.20. The van der Waals surface area contributed by atoms with Crippen LogP contribution in [0.25, 0.3) is 0 Å². The number of anilines is 1. The Hall–Kier alpha value is -2.69. The van der Waals surface area contributed by atoms with Crippen molar-refractivity contribution in [3.8, 4) is 0 Å². The van der Waals surface area contributed by atoms with Gasteiger partial charge in [0, 0.05) is 12.1 Å². The Bertz CT molecular complexity index is 597. The lowest BCUT2D eigenvalue weighted by molar-refractivity contribution is -0.384. The molecule has 0 unspecified atom stereocenters. The Kier molecular flexibility index (Phi) is 3.87. The van der Waals surface area contributed by atoms with E-state index in [1.807, 2.05) is 30.3 Å². The normalized spacial score (nSPS) is 9.89. The number of benzene rings is 2. The van der Waals surface area contributed by atoms with Gasteiger partial charge in [-0.05, 0) is 23.6 Å². The van der Waals surface area contributed by atoms with E-state index in [1.165, 1.54) is 12.1 Å². The van der Waals surface area contributed by atoms with Gasteiger partial charge in [-0.3, -0.25) is 14.9 Å². The summed E-state index contributed by atoms with van der Waals surface area (Å²) in [5.41, 5.74) is 2.34. The Labute approximate surface area is 110 Å². The number of hydrogen-bond donors (Lipinski definition) is 1.